The Morgan fingerprint density at radius 3 is 1.44 bits per heavy atom. The Morgan fingerprint density at radius 2 is 1.00 bits per heavy atom. The number of carbonyl (C=O) groups is 2. The molecule has 0 amide bonds. The quantitative estimate of drug-likeness (QED) is 0.0168. The number of hydrogen-bond donors (Lipinski definition) is 10. The molecular weight excluding hydrogens is 922 g/mol. The lowest BCUT2D eigenvalue weighted by Gasteiger charge is -2.45. The van der Waals surface area contributed by atoms with Gasteiger partial charge in [-0.25, -0.2) is 23.1 Å². The molecule has 0 saturated heterocycles. The highest BCUT2D eigenvalue weighted by atomic mass is 31.2. The fourth-order valence-corrected chi connectivity index (χ4v) is 8.26. The van der Waals surface area contributed by atoms with E-state index >= 15 is 0 Å². The molecule has 0 spiro atoms. The zero-order valence-corrected chi connectivity index (χ0v) is 37.8. The molecule has 1 aliphatic carbocycles. The topological polar surface area (TPSA) is 384 Å². The molecule has 0 heterocycles. The Labute approximate surface area is 378 Å². The van der Waals surface area contributed by atoms with Gasteiger partial charge in [0, 0.05) is 25.2 Å². The van der Waals surface area contributed by atoms with Gasteiger partial charge in [0.1, 0.15) is 43.2 Å². The van der Waals surface area contributed by atoms with Crippen molar-refractivity contribution in [2.24, 2.45) is 0 Å². The lowest BCUT2D eigenvalue weighted by atomic mass is 9.85. The van der Waals surface area contributed by atoms with Crippen LogP contribution in [0.5, 0.6) is 0 Å². The van der Waals surface area contributed by atoms with Gasteiger partial charge in [-0.3, -0.25) is 27.4 Å². The summed E-state index contributed by atoms with van der Waals surface area (Å²) in [6, 6.07) is 0. The van der Waals surface area contributed by atoms with E-state index in [0.717, 1.165) is 32.1 Å². The van der Waals surface area contributed by atoms with E-state index in [9.17, 15) is 72.3 Å². The van der Waals surface area contributed by atoms with E-state index in [2.05, 4.69) is 61.9 Å². The van der Waals surface area contributed by atoms with Crippen molar-refractivity contribution >= 4 is 43.2 Å². The maximum atomic E-state index is 13.1. The van der Waals surface area contributed by atoms with E-state index in [-0.39, 0.29) is 25.4 Å². The summed E-state index contributed by atoms with van der Waals surface area (Å²) in [6.07, 6.45) is 0.0140. The molecule has 23 nitrogen and oxygen atoms in total. The Bertz CT molecular complexity index is 1930. The van der Waals surface area contributed by atoms with E-state index in [4.69, 9.17) is 24.9 Å². The van der Waals surface area contributed by atoms with Crippen LogP contribution in [0.25, 0.3) is 0 Å². The number of phosphoric acid groups is 4. The molecule has 8 atom stereocenters. The van der Waals surface area contributed by atoms with Crippen LogP contribution in [0.2, 0.25) is 0 Å². The van der Waals surface area contributed by atoms with Crippen LogP contribution in [0.4, 0.5) is 0 Å². The van der Waals surface area contributed by atoms with Crippen LogP contribution in [-0.4, -0.2) is 112 Å². The zero-order valence-electron chi connectivity index (χ0n) is 34.3. The van der Waals surface area contributed by atoms with Crippen LogP contribution in [0.15, 0.2) is 0 Å². The van der Waals surface area contributed by atoms with Gasteiger partial charge < -0.3 is 60.1 Å². The number of hydrogen-bond acceptors (Lipinski definition) is 16. The third-order valence-corrected chi connectivity index (χ3v) is 10.8. The van der Waals surface area contributed by atoms with Gasteiger partial charge in [0.15, 0.2) is 6.10 Å². The first-order valence-corrected chi connectivity index (χ1v) is 25.1. The molecule has 374 valence electrons. The summed E-state index contributed by atoms with van der Waals surface area (Å²) < 4.78 is 80.8. The lowest BCUT2D eigenvalue weighted by molar-refractivity contribution is -0.209. The molecule has 12 N–H and O–H groups in total. The minimum atomic E-state index is -5.81. The monoisotopic (exact) mass is 995 g/mol. The SMILES string of the molecule is C#CC#CC#CC#CC#CC(=O)OC[C@H](COP(=O)(O)OC1C(O)[C@@H](OP(=O)(O)O)C(OP(=O)(O)O)[C@@H](OP(=O)(O)O)[C@H]1O)OC(=O)CCCCCCCCCCCCCCC.N.[HH].[HH].[HH].[HH].[HH].[HH].[HH].[HH].[HH]. The fraction of sp³-hybridized carbons (Fsp3) is 0.667. The first-order chi connectivity index (χ1) is 29.0. The zero-order chi connectivity index (χ0) is 46.8. The van der Waals surface area contributed by atoms with E-state index in [1.165, 1.54) is 38.5 Å². The number of esters is 2. The standard InChI is InChI=1S/C36H52O22P4.H3N.9H2/c1-3-5-7-9-11-13-14-15-16-17-19-21-23-25-30(38)54-28(26-52-29(37)24-22-20-18-12-10-8-6-4-2)27-53-62(50,51)58-33-31(39)34(55-59(41,42)43)36(57-61(47,48)49)35(32(33)40)56-60(44,45)46;;;;;;;;;;/h2,28,31-36,39-40H,3,5,7,9,11,13-17,19,21,23,25-27H2,1H3,(H,50,51)(H2,41,42,43)(H2,44,45,46)(H2,47,48,49);1H3;9*1H/t28-,31+,32?,33?,34+,35-,36?;;;;;;;;;;/m1........../s1. The molecule has 1 saturated carbocycles. The average Bonchev–Trinajstić information content (AvgIpc) is 3.16. The average molecular weight is 996 g/mol. The molecule has 0 aliphatic heterocycles. The van der Waals surface area contributed by atoms with Crippen LogP contribution in [-0.2, 0) is 59.9 Å². The van der Waals surface area contributed by atoms with Crippen molar-refractivity contribution in [1.82, 2.24) is 6.15 Å². The van der Waals surface area contributed by atoms with Crippen LogP contribution in [0, 0.1) is 59.7 Å². The van der Waals surface area contributed by atoms with Gasteiger partial charge in [-0.2, -0.15) is 0 Å². The number of ether oxygens (including phenoxy) is 2. The summed E-state index contributed by atoms with van der Waals surface area (Å²) in [5, 5.41) is 21.7. The number of carbonyl (C=O) groups excluding carboxylic acids is 2. The Hall–Kier alpha value is -2.94. The Kier molecular flexibility index (Phi) is 29.6. The van der Waals surface area contributed by atoms with Crippen molar-refractivity contribution in [2.45, 2.75) is 140 Å². The minimum absolute atomic E-state index is 0. The van der Waals surface area contributed by atoms with Gasteiger partial charge in [-0.1, -0.05) is 84.0 Å². The molecule has 1 fully saturated rings. The summed E-state index contributed by atoms with van der Waals surface area (Å²) in [6.45, 7) is 0.200. The molecule has 27 heteroatoms. The van der Waals surface area contributed by atoms with Gasteiger partial charge in [0.2, 0.25) is 0 Å². The van der Waals surface area contributed by atoms with Crippen molar-refractivity contribution in [3.05, 3.63) is 0 Å². The predicted octanol–water partition coefficient (Wildman–Crippen LogP) is 4.62. The van der Waals surface area contributed by atoms with Crippen molar-refractivity contribution in [2.75, 3.05) is 13.2 Å². The summed E-state index contributed by atoms with van der Waals surface area (Å²) in [5.41, 5.74) is 0. The minimum Gasteiger partial charge on any atom is -0.456 e. The second kappa shape index (κ2) is 31.1. The van der Waals surface area contributed by atoms with E-state index in [1.807, 2.05) is 11.8 Å². The summed E-state index contributed by atoms with van der Waals surface area (Å²) >= 11 is 0. The van der Waals surface area contributed by atoms with Crippen molar-refractivity contribution < 1.29 is 117 Å². The molecule has 0 bridgehead atoms. The summed E-state index contributed by atoms with van der Waals surface area (Å²) in [7, 11) is -23.1. The highest BCUT2D eigenvalue weighted by molar-refractivity contribution is 7.47. The molecule has 0 radical (unpaired) electrons. The number of terminal acetylenes is 1. The number of phosphoric ester groups is 4. The maximum Gasteiger partial charge on any atom is 0.472 e. The third kappa shape index (κ3) is 29.3. The van der Waals surface area contributed by atoms with Gasteiger partial charge in [-0.15, -0.1) is 6.42 Å². The second-order valence-electron chi connectivity index (χ2n) is 13.3. The predicted molar refractivity (Wildman–Crippen MR) is 239 cm³/mol. The van der Waals surface area contributed by atoms with E-state index in [1.54, 1.807) is 0 Å². The number of rotatable bonds is 28. The van der Waals surface area contributed by atoms with E-state index in [0.29, 0.717) is 12.8 Å². The fourth-order valence-electron chi connectivity index (χ4n) is 5.61. The number of aliphatic hydroxyl groups is 2. The van der Waals surface area contributed by atoms with Gasteiger partial charge >= 0.3 is 43.2 Å². The van der Waals surface area contributed by atoms with Gasteiger partial charge in [0.25, 0.3) is 0 Å². The molecule has 1 rings (SSSR count). The van der Waals surface area contributed by atoms with E-state index < -0.39 is 99.2 Å². The molecule has 1 aliphatic rings. The van der Waals surface area contributed by atoms with Crippen LogP contribution in [0.3, 0.4) is 0 Å². The molecule has 63 heavy (non-hydrogen) atoms. The Balaban J connectivity index is -0.000000480. The maximum absolute atomic E-state index is 13.1. The van der Waals surface area contributed by atoms with Gasteiger partial charge in [-0.05, 0) is 53.8 Å². The molecule has 0 aromatic carbocycles. The first kappa shape index (κ1) is 60.1. The normalized spacial score (nSPS) is 21.0. The molecular formula is C36H73NO22P4. The van der Waals surface area contributed by atoms with Gasteiger partial charge in [0.05, 0.1) is 6.61 Å². The largest absolute Gasteiger partial charge is 0.472 e. The first-order valence-electron chi connectivity index (χ1n) is 19.0. The lowest BCUT2D eigenvalue weighted by Crippen LogP contribution is -2.65. The van der Waals surface area contributed by atoms with Crippen LogP contribution >= 0.6 is 31.3 Å². The van der Waals surface area contributed by atoms with Crippen molar-refractivity contribution in [3.8, 4) is 59.7 Å². The van der Waals surface area contributed by atoms with Crippen molar-refractivity contribution in [1.29, 1.82) is 0 Å². The van der Waals surface area contributed by atoms with Crippen LogP contribution < -0.4 is 6.15 Å². The molecule has 0 aromatic heterocycles. The van der Waals surface area contributed by atoms with Crippen LogP contribution in [0.1, 0.15) is 110 Å². The van der Waals surface area contributed by atoms with Crippen molar-refractivity contribution in [3.63, 3.8) is 0 Å². The summed E-state index contributed by atoms with van der Waals surface area (Å²) in [4.78, 5) is 91.6. The highest BCUT2D eigenvalue weighted by Gasteiger charge is 2.59. The third-order valence-electron chi connectivity index (χ3n) is 8.24. The smallest absolute Gasteiger partial charge is 0.456 e. The second-order valence-corrected chi connectivity index (χ2v) is 18.3. The number of unbranched alkanes of at least 4 members (excludes halogenated alkanes) is 12. The molecule has 4 unspecified atom stereocenters. The number of aliphatic hydroxyl groups excluding tert-OH is 2. The summed E-state index contributed by atoms with van der Waals surface area (Å²) in [5.74, 6) is 17.7. The molecule has 0 aromatic rings. The Morgan fingerprint density at radius 1 is 0.587 bits per heavy atom. The highest BCUT2D eigenvalue weighted by Crippen LogP contribution is 2.53.